The Labute approximate surface area is 120 Å². The third kappa shape index (κ3) is 3.40. The minimum absolute atomic E-state index is 0.110. The van der Waals surface area contributed by atoms with Gasteiger partial charge in [-0.2, -0.15) is 0 Å². The summed E-state index contributed by atoms with van der Waals surface area (Å²) in [5.74, 6) is -0.513. The first kappa shape index (κ1) is 13.7. The SMILES string of the molecule is O=C(NCc1ccccc1Cl)c1cc(Cl)ccc1O. The number of amides is 1. The number of hydrogen-bond acceptors (Lipinski definition) is 2. The molecule has 2 aromatic carbocycles. The third-order valence-electron chi connectivity index (χ3n) is 2.60. The van der Waals surface area contributed by atoms with Crippen LogP contribution in [0.1, 0.15) is 15.9 Å². The molecular formula is C14H11Cl2NO2. The molecular weight excluding hydrogens is 285 g/mol. The highest BCUT2D eigenvalue weighted by Gasteiger charge is 2.11. The number of nitrogens with one attached hydrogen (secondary N) is 1. The normalized spacial score (nSPS) is 10.2. The van der Waals surface area contributed by atoms with Crippen LogP contribution in [0.5, 0.6) is 5.75 Å². The van der Waals surface area contributed by atoms with Crippen molar-refractivity contribution in [3.63, 3.8) is 0 Å². The zero-order chi connectivity index (χ0) is 13.8. The molecule has 0 saturated carbocycles. The van der Waals surface area contributed by atoms with E-state index in [4.69, 9.17) is 23.2 Å². The molecule has 19 heavy (non-hydrogen) atoms. The Morgan fingerprint density at radius 3 is 2.63 bits per heavy atom. The summed E-state index contributed by atoms with van der Waals surface area (Å²) < 4.78 is 0. The maximum absolute atomic E-state index is 11.9. The highest BCUT2D eigenvalue weighted by molar-refractivity contribution is 6.31. The lowest BCUT2D eigenvalue weighted by Gasteiger charge is -2.08. The Balaban J connectivity index is 2.10. The van der Waals surface area contributed by atoms with E-state index in [1.54, 1.807) is 6.07 Å². The molecule has 0 aromatic heterocycles. The fourth-order valence-electron chi connectivity index (χ4n) is 1.60. The van der Waals surface area contributed by atoms with Gasteiger partial charge in [0.15, 0.2) is 0 Å². The number of carbonyl (C=O) groups excluding carboxylic acids is 1. The smallest absolute Gasteiger partial charge is 0.255 e. The van der Waals surface area contributed by atoms with E-state index in [9.17, 15) is 9.90 Å². The molecule has 0 aliphatic heterocycles. The molecule has 98 valence electrons. The van der Waals surface area contributed by atoms with Crippen molar-refractivity contribution in [2.75, 3.05) is 0 Å². The Morgan fingerprint density at radius 1 is 1.16 bits per heavy atom. The van der Waals surface area contributed by atoms with Crippen molar-refractivity contribution in [1.82, 2.24) is 5.32 Å². The van der Waals surface area contributed by atoms with Gasteiger partial charge in [0.05, 0.1) is 5.56 Å². The standard InChI is InChI=1S/C14H11Cl2NO2/c15-10-5-6-13(18)11(7-10)14(19)17-8-9-3-1-2-4-12(9)16/h1-7,18H,8H2,(H,17,19). The molecule has 0 atom stereocenters. The second-order valence-electron chi connectivity index (χ2n) is 3.94. The molecule has 5 heteroatoms. The fraction of sp³-hybridized carbons (Fsp3) is 0.0714. The minimum Gasteiger partial charge on any atom is -0.507 e. The molecule has 0 radical (unpaired) electrons. The molecule has 0 fully saturated rings. The van der Waals surface area contributed by atoms with Crippen molar-refractivity contribution in [1.29, 1.82) is 0 Å². The van der Waals surface area contributed by atoms with Crippen LogP contribution < -0.4 is 5.32 Å². The first-order valence-electron chi connectivity index (χ1n) is 5.58. The molecule has 2 aromatic rings. The summed E-state index contributed by atoms with van der Waals surface area (Å²) in [6, 6.07) is 11.5. The molecule has 0 spiro atoms. The summed E-state index contributed by atoms with van der Waals surface area (Å²) in [7, 11) is 0. The highest BCUT2D eigenvalue weighted by atomic mass is 35.5. The van der Waals surface area contributed by atoms with Gasteiger partial charge in [0.25, 0.3) is 5.91 Å². The van der Waals surface area contributed by atoms with Crippen LogP contribution in [0.2, 0.25) is 10.0 Å². The van der Waals surface area contributed by atoms with E-state index in [1.807, 2.05) is 18.2 Å². The zero-order valence-electron chi connectivity index (χ0n) is 9.86. The molecule has 1 amide bonds. The topological polar surface area (TPSA) is 49.3 Å². The summed E-state index contributed by atoms with van der Waals surface area (Å²) in [6.45, 7) is 0.282. The average Bonchev–Trinajstić information content (AvgIpc) is 2.40. The molecule has 0 aliphatic carbocycles. The van der Waals surface area contributed by atoms with Crippen molar-refractivity contribution < 1.29 is 9.90 Å². The van der Waals surface area contributed by atoms with E-state index in [0.29, 0.717) is 10.0 Å². The molecule has 0 saturated heterocycles. The molecule has 0 heterocycles. The number of rotatable bonds is 3. The number of halogens is 2. The number of phenols is 1. The van der Waals surface area contributed by atoms with E-state index in [-0.39, 0.29) is 17.9 Å². The molecule has 2 rings (SSSR count). The largest absolute Gasteiger partial charge is 0.507 e. The Kier molecular flexibility index (Phi) is 4.30. The van der Waals surface area contributed by atoms with Gasteiger partial charge in [-0.1, -0.05) is 41.4 Å². The van der Waals surface area contributed by atoms with E-state index in [1.165, 1.54) is 18.2 Å². The second-order valence-corrected chi connectivity index (χ2v) is 4.78. The maximum atomic E-state index is 11.9. The van der Waals surface area contributed by atoms with Gasteiger partial charge in [0, 0.05) is 16.6 Å². The molecule has 2 N–H and O–H groups in total. The van der Waals surface area contributed by atoms with E-state index < -0.39 is 5.91 Å². The number of hydrogen-bond donors (Lipinski definition) is 2. The van der Waals surface area contributed by atoms with Gasteiger partial charge in [-0.3, -0.25) is 4.79 Å². The Morgan fingerprint density at radius 2 is 1.89 bits per heavy atom. The number of aromatic hydroxyl groups is 1. The average molecular weight is 296 g/mol. The zero-order valence-corrected chi connectivity index (χ0v) is 11.4. The molecule has 0 unspecified atom stereocenters. The third-order valence-corrected chi connectivity index (χ3v) is 3.20. The Hall–Kier alpha value is -1.71. The Bertz CT molecular complexity index is 614. The van der Waals surface area contributed by atoms with E-state index in [2.05, 4.69) is 5.32 Å². The van der Waals surface area contributed by atoms with Crippen molar-refractivity contribution >= 4 is 29.1 Å². The lowest BCUT2D eigenvalue weighted by atomic mass is 10.1. The van der Waals surface area contributed by atoms with E-state index in [0.717, 1.165) is 5.56 Å². The van der Waals surface area contributed by atoms with Gasteiger partial charge in [-0.15, -0.1) is 0 Å². The quantitative estimate of drug-likeness (QED) is 0.908. The van der Waals surface area contributed by atoms with Crippen LogP contribution in [0, 0.1) is 0 Å². The summed E-state index contributed by atoms with van der Waals surface area (Å²) in [5, 5.41) is 13.3. The van der Waals surface area contributed by atoms with Gasteiger partial charge >= 0.3 is 0 Å². The predicted octanol–water partition coefficient (Wildman–Crippen LogP) is 3.63. The van der Waals surface area contributed by atoms with Crippen LogP contribution in [0.3, 0.4) is 0 Å². The van der Waals surface area contributed by atoms with Crippen LogP contribution in [0.4, 0.5) is 0 Å². The van der Waals surface area contributed by atoms with Gasteiger partial charge in [-0.25, -0.2) is 0 Å². The van der Waals surface area contributed by atoms with Crippen LogP contribution in [-0.2, 0) is 6.54 Å². The second kappa shape index (κ2) is 5.95. The lowest BCUT2D eigenvalue weighted by Crippen LogP contribution is -2.23. The van der Waals surface area contributed by atoms with Crippen molar-refractivity contribution in [2.24, 2.45) is 0 Å². The van der Waals surface area contributed by atoms with Gasteiger partial charge < -0.3 is 10.4 Å². The molecule has 0 aliphatic rings. The summed E-state index contributed by atoms with van der Waals surface area (Å²) >= 11 is 11.8. The van der Waals surface area contributed by atoms with Crippen molar-refractivity contribution in [3.05, 3.63) is 63.6 Å². The number of phenolic OH excluding ortho intramolecular Hbond substituents is 1. The molecule has 0 bridgehead atoms. The predicted molar refractivity (Wildman–Crippen MR) is 75.7 cm³/mol. The lowest BCUT2D eigenvalue weighted by molar-refractivity contribution is 0.0948. The first-order chi connectivity index (χ1) is 9.08. The van der Waals surface area contributed by atoms with Crippen molar-refractivity contribution in [2.45, 2.75) is 6.54 Å². The van der Waals surface area contributed by atoms with Crippen LogP contribution in [0.25, 0.3) is 0 Å². The summed E-state index contributed by atoms with van der Waals surface area (Å²) in [6.07, 6.45) is 0. The summed E-state index contributed by atoms with van der Waals surface area (Å²) in [5.41, 5.74) is 0.943. The number of benzene rings is 2. The number of carbonyl (C=O) groups is 1. The summed E-state index contributed by atoms with van der Waals surface area (Å²) in [4.78, 5) is 11.9. The minimum atomic E-state index is -0.403. The van der Waals surface area contributed by atoms with E-state index >= 15 is 0 Å². The fourth-order valence-corrected chi connectivity index (χ4v) is 1.98. The van der Waals surface area contributed by atoms with Crippen molar-refractivity contribution in [3.8, 4) is 5.75 Å². The van der Waals surface area contributed by atoms with Gasteiger partial charge in [-0.05, 0) is 29.8 Å². The molecule has 3 nitrogen and oxygen atoms in total. The highest BCUT2D eigenvalue weighted by Crippen LogP contribution is 2.21. The monoisotopic (exact) mass is 295 g/mol. The maximum Gasteiger partial charge on any atom is 0.255 e. The van der Waals surface area contributed by atoms with Gasteiger partial charge in [0.1, 0.15) is 5.75 Å². The van der Waals surface area contributed by atoms with Crippen LogP contribution in [-0.4, -0.2) is 11.0 Å². The van der Waals surface area contributed by atoms with Gasteiger partial charge in [0.2, 0.25) is 0 Å². The first-order valence-corrected chi connectivity index (χ1v) is 6.33. The van der Waals surface area contributed by atoms with Crippen LogP contribution >= 0.6 is 23.2 Å². The van der Waals surface area contributed by atoms with Crippen LogP contribution in [0.15, 0.2) is 42.5 Å².